The molecule has 122 valence electrons. The third-order valence-electron chi connectivity index (χ3n) is 4.37. The Morgan fingerprint density at radius 3 is 2.74 bits per heavy atom. The third kappa shape index (κ3) is 4.26. The maximum Gasteiger partial charge on any atom is 0.142 e. The highest BCUT2D eigenvalue weighted by Gasteiger charge is 2.15. The number of hydrogen-bond acceptors (Lipinski definition) is 3. The fraction of sp³-hybridized carbons (Fsp3) is 0.400. The Labute approximate surface area is 139 Å². The molecule has 3 rings (SSSR count). The van der Waals surface area contributed by atoms with Crippen molar-refractivity contribution in [2.45, 2.75) is 32.9 Å². The summed E-state index contributed by atoms with van der Waals surface area (Å²) in [5, 5.41) is 3.46. The number of nitrogens with zero attached hydrogens (tertiary/aromatic N) is 1. The fourth-order valence-electron chi connectivity index (χ4n) is 2.96. The normalized spacial score (nSPS) is 16.6. The van der Waals surface area contributed by atoms with Crippen LogP contribution < -0.4 is 10.1 Å². The number of anilines is 1. The molecule has 3 heteroatoms. The zero-order valence-electron chi connectivity index (χ0n) is 14.1. The van der Waals surface area contributed by atoms with Crippen molar-refractivity contribution in [3.8, 4) is 5.75 Å². The van der Waals surface area contributed by atoms with E-state index in [2.05, 4.69) is 72.6 Å². The second-order valence-electron chi connectivity index (χ2n) is 6.24. The first-order chi connectivity index (χ1) is 11.2. The molecule has 2 aromatic carbocycles. The standard InChI is InChI=1S/C20H26N2O/c1-3-22(15-18-7-5-4-6-8-18)12-11-17-9-10-20-19(13-17)21-14-16(2)23-20/h4-10,13,16,21H,3,11-12,14-15H2,1-2H3. The topological polar surface area (TPSA) is 24.5 Å². The first kappa shape index (κ1) is 15.9. The van der Waals surface area contributed by atoms with E-state index in [0.29, 0.717) is 0 Å². The van der Waals surface area contributed by atoms with Gasteiger partial charge < -0.3 is 10.1 Å². The summed E-state index contributed by atoms with van der Waals surface area (Å²) in [6, 6.07) is 17.2. The maximum atomic E-state index is 5.84. The van der Waals surface area contributed by atoms with Gasteiger partial charge in [0.1, 0.15) is 11.9 Å². The molecule has 1 unspecified atom stereocenters. The summed E-state index contributed by atoms with van der Waals surface area (Å²) in [4.78, 5) is 2.49. The molecule has 1 aliphatic rings. The van der Waals surface area contributed by atoms with Gasteiger partial charge in [0.15, 0.2) is 0 Å². The summed E-state index contributed by atoms with van der Waals surface area (Å²) in [7, 11) is 0. The van der Waals surface area contributed by atoms with Gasteiger partial charge in [-0.05, 0) is 43.1 Å². The van der Waals surface area contributed by atoms with Crippen molar-refractivity contribution in [3.05, 3.63) is 59.7 Å². The highest BCUT2D eigenvalue weighted by atomic mass is 16.5. The molecule has 0 saturated heterocycles. The molecular formula is C20H26N2O. The Bertz CT molecular complexity index is 627. The predicted octanol–water partition coefficient (Wildman–Crippen LogP) is 3.94. The summed E-state index contributed by atoms with van der Waals surface area (Å²) in [5.74, 6) is 0.976. The van der Waals surface area contributed by atoms with E-state index >= 15 is 0 Å². The Balaban J connectivity index is 1.58. The Morgan fingerprint density at radius 1 is 1.13 bits per heavy atom. The molecule has 0 saturated carbocycles. The summed E-state index contributed by atoms with van der Waals surface area (Å²) >= 11 is 0. The molecule has 1 heterocycles. The summed E-state index contributed by atoms with van der Waals surface area (Å²) < 4.78 is 5.84. The second kappa shape index (κ2) is 7.51. The quantitative estimate of drug-likeness (QED) is 0.874. The average Bonchev–Trinajstić information content (AvgIpc) is 2.59. The van der Waals surface area contributed by atoms with Crippen molar-refractivity contribution in [1.29, 1.82) is 0 Å². The van der Waals surface area contributed by atoms with Crippen LogP contribution in [-0.2, 0) is 13.0 Å². The monoisotopic (exact) mass is 310 g/mol. The van der Waals surface area contributed by atoms with E-state index in [9.17, 15) is 0 Å². The Kier molecular flexibility index (Phi) is 5.19. The minimum absolute atomic E-state index is 0.245. The number of fused-ring (bicyclic) bond motifs is 1. The summed E-state index contributed by atoms with van der Waals surface area (Å²) in [5.41, 5.74) is 3.87. The van der Waals surface area contributed by atoms with Crippen LogP contribution in [0.3, 0.4) is 0 Å². The maximum absolute atomic E-state index is 5.84. The van der Waals surface area contributed by atoms with Gasteiger partial charge in [-0.3, -0.25) is 4.90 Å². The van der Waals surface area contributed by atoms with E-state index in [0.717, 1.165) is 44.0 Å². The molecule has 0 aliphatic carbocycles. The number of hydrogen-bond donors (Lipinski definition) is 1. The molecule has 23 heavy (non-hydrogen) atoms. The van der Waals surface area contributed by atoms with Gasteiger partial charge in [-0.1, -0.05) is 43.3 Å². The van der Waals surface area contributed by atoms with Crippen molar-refractivity contribution in [3.63, 3.8) is 0 Å². The van der Waals surface area contributed by atoms with Crippen LogP contribution >= 0.6 is 0 Å². The molecule has 0 bridgehead atoms. The number of likely N-dealkylation sites (N-methyl/N-ethyl adjacent to an activating group) is 1. The molecular weight excluding hydrogens is 284 g/mol. The molecule has 0 fully saturated rings. The highest BCUT2D eigenvalue weighted by molar-refractivity contribution is 5.59. The van der Waals surface area contributed by atoms with Crippen molar-refractivity contribution >= 4 is 5.69 Å². The van der Waals surface area contributed by atoms with Crippen LogP contribution in [0.1, 0.15) is 25.0 Å². The van der Waals surface area contributed by atoms with E-state index in [1.54, 1.807) is 0 Å². The van der Waals surface area contributed by atoms with Crippen LogP contribution in [0, 0.1) is 0 Å². The SMILES string of the molecule is CCN(CCc1ccc2c(c1)NCC(C)O2)Cc1ccccc1. The summed E-state index contributed by atoms with van der Waals surface area (Å²) in [6.45, 7) is 8.35. The number of ether oxygens (including phenoxy) is 1. The Morgan fingerprint density at radius 2 is 1.96 bits per heavy atom. The van der Waals surface area contributed by atoms with Crippen LogP contribution in [0.15, 0.2) is 48.5 Å². The summed E-state index contributed by atoms with van der Waals surface area (Å²) in [6.07, 6.45) is 1.31. The van der Waals surface area contributed by atoms with Crippen LogP contribution in [0.5, 0.6) is 5.75 Å². The van der Waals surface area contributed by atoms with Crippen molar-refractivity contribution in [1.82, 2.24) is 4.90 Å². The molecule has 1 N–H and O–H groups in total. The minimum Gasteiger partial charge on any atom is -0.487 e. The van der Waals surface area contributed by atoms with E-state index in [-0.39, 0.29) is 6.10 Å². The van der Waals surface area contributed by atoms with Crippen molar-refractivity contribution in [2.24, 2.45) is 0 Å². The first-order valence-corrected chi connectivity index (χ1v) is 8.54. The first-order valence-electron chi connectivity index (χ1n) is 8.54. The third-order valence-corrected chi connectivity index (χ3v) is 4.37. The molecule has 1 atom stereocenters. The van der Waals surface area contributed by atoms with Crippen molar-refractivity contribution in [2.75, 3.05) is 25.0 Å². The van der Waals surface area contributed by atoms with Gasteiger partial charge in [0, 0.05) is 13.1 Å². The van der Waals surface area contributed by atoms with Crippen LogP contribution in [0.4, 0.5) is 5.69 Å². The number of nitrogens with one attached hydrogen (secondary N) is 1. The van der Waals surface area contributed by atoms with Gasteiger partial charge in [-0.25, -0.2) is 0 Å². The molecule has 1 aliphatic heterocycles. The molecule has 0 radical (unpaired) electrons. The minimum atomic E-state index is 0.245. The van der Waals surface area contributed by atoms with Crippen LogP contribution in [-0.4, -0.2) is 30.6 Å². The van der Waals surface area contributed by atoms with Gasteiger partial charge in [0.2, 0.25) is 0 Å². The fourth-order valence-corrected chi connectivity index (χ4v) is 2.96. The average molecular weight is 310 g/mol. The molecule has 0 aromatic heterocycles. The smallest absolute Gasteiger partial charge is 0.142 e. The predicted molar refractivity (Wildman–Crippen MR) is 96.1 cm³/mol. The number of benzene rings is 2. The van der Waals surface area contributed by atoms with E-state index < -0.39 is 0 Å². The van der Waals surface area contributed by atoms with E-state index in [4.69, 9.17) is 4.74 Å². The second-order valence-corrected chi connectivity index (χ2v) is 6.24. The molecule has 2 aromatic rings. The lowest BCUT2D eigenvalue weighted by Crippen LogP contribution is -2.28. The van der Waals surface area contributed by atoms with Gasteiger partial charge >= 0.3 is 0 Å². The largest absolute Gasteiger partial charge is 0.487 e. The van der Waals surface area contributed by atoms with Crippen LogP contribution in [0.25, 0.3) is 0 Å². The highest BCUT2D eigenvalue weighted by Crippen LogP contribution is 2.30. The number of rotatable bonds is 6. The zero-order chi connectivity index (χ0) is 16.1. The van der Waals surface area contributed by atoms with Crippen LogP contribution in [0.2, 0.25) is 0 Å². The molecule has 0 amide bonds. The van der Waals surface area contributed by atoms with E-state index in [1.807, 2.05) is 0 Å². The zero-order valence-corrected chi connectivity index (χ0v) is 14.1. The van der Waals surface area contributed by atoms with Gasteiger partial charge in [-0.15, -0.1) is 0 Å². The molecule has 3 nitrogen and oxygen atoms in total. The molecule has 0 spiro atoms. The van der Waals surface area contributed by atoms with Gasteiger partial charge in [0.05, 0.1) is 12.2 Å². The lowest BCUT2D eigenvalue weighted by molar-refractivity contribution is 0.226. The van der Waals surface area contributed by atoms with Gasteiger partial charge in [0.25, 0.3) is 0 Å². The lowest BCUT2D eigenvalue weighted by atomic mass is 10.1. The Hall–Kier alpha value is -2.00. The van der Waals surface area contributed by atoms with Crippen molar-refractivity contribution < 1.29 is 4.74 Å². The lowest BCUT2D eigenvalue weighted by Gasteiger charge is -2.25. The van der Waals surface area contributed by atoms with E-state index in [1.165, 1.54) is 11.1 Å². The van der Waals surface area contributed by atoms with Gasteiger partial charge in [-0.2, -0.15) is 0 Å².